The van der Waals surface area contributed by atoms with E-state index >= 15 is 0 Å². The van der Waals surface area contributed by atoms with Crippen LogP contribution in [0.3, 0.4) is 0 Å². The molecule has 1 atom stereocenters. The number of nitrogens with two attached hydrogens (primary N) is 2. The summed E-state index contributed by atoms with van der Waals surface area (Å²) in [7, 11) is 1.55. The number of carbonyl (C=O) groups excluding carboxylic acids is 1. The summed E-state index contributed by atoms with van der Waals surface area (Å²) in [6.45, 7) is 0.453. The summed E-state index contributed by atoms with van der Waals surface area (Å²) in [6, 6.07) is -0.444. The topological polar surface area (TPSA) is 81.1 Å². The average Bonchev–Trinajstić information content (AvgIpc) is 1.87. The molecule has 0 aromatic heterocycles. The first kappa shape index (κ1) is 8.39. The second-order valence-electron chi connectivity index (χ2n) is 1.80. The van der Waals surface area contributed by atoms with Crippen LogP contribution in [0.1, 0.15) is 6.42 Å². The maximum atomic E-state index is 10.6. The van der Waals surface area contributed by atoms with E-state index in [0.717, 1.165) is 0 Å². The Hall–Kier alpha value is -0.610. The lowest BCUT2D eigenvalue weighted by molar-refractivity contribution is -0.121. The standard InChI is InChI=1S/C5H13N3O/c1-8-5(9)4(7)2-3-6/h4H,2-3,6-7H2,1H3,(H,8,9)/t4-/m0/s1. The first-order valence-corrected chi connectivity index (χ1v) is 2.89. The van der Waals surface area contributed by atoms with Crippen molar-refractivity contribution in [2.75, 3.05) is 13.6 Å². The Bertz CT molecular complexity index is 94.2. The molecule has 0 aliphatic rings. The van der Waals surface area contributed by atoms with Crippen LogP contribution in [-0.2, 0) is 4.79 Å². The average molecular weight is 131 g/mol. The van der Waals surface area contributed by atoms with E-state index in [-0.39, 0.29) is 5.91 Å². The summed E-state index contributed by atoms with van der Waals surface area (Å²) in [4.78, 5) is 10.6. The summed E-state index contributed by atoms with van der Waals surface area (Å²) < 4.78 is 0. The zero-order valence-corrected chi connectivity index (χ0v) is 5.55. The van der Waals surface area contributed by atoms with Gasteiger partial charge < -0.3 is 16.8 Å². The van der Waals surface area contributed by atoms with Crippen LogP contribution in [0.25, 0.3) is 0 Å². The lowest BCUT2D eigenvalue weighted by Crippen LogP contribution is -2.39. The zero-order chi connectivity index (χ0) is 7.28. The van der Waals surface area contributed by atoms with Gasteiger partial charge in [-0.25, -0.2) is 0 Å². The molecule has 54 valence electrons. The molecule has 4 heteroatoms. The van der Waals surface area contributed by atoms with Gasteiger partial charge >= 0.3 is 0 Å². The second-order valence-corrected chi connectivity index (χ2v) is 1.80. The van der Waals surface area contributed by atoms with E-state index in [2.05, 4.69) is 5.32 Å². The van der Waals surface area contributed by atoms with Crippen LogP contribution in [0.2, 0.25) is 0 Å². The molecule has 0 fully saturated rings. The fourth-order valence-corrected chi connectivity index (χ4v) is 0.496. The quantitative estimate of drug-likeness (QED) is 0.432. The Morgan fingerprint density at radius 3 is 2.67 bits per heavy atom. The number of hydrogen-bond donors (Lipinski definition) is 3. The lowest BCUT2D eigenvalue weighted by Gasteiger charge is -2.06. The zero-order valence-electron chi connectivity index (χ0n) is 5.55. The number of rotatable bonds is 3. The van der Waals surface area contributed by atoms with Gasteiger partial charge in [-0.2, -0.15) is 0 Å². The molecule has 0 bridgehead atoms. The third kappa shape index (κ3) is 3.05. The number of carbonyl (C=O) groups is 1. The fraction of sp³-hybridized carbons (Fsp3) is 0.800. The third-order valence-electron chi connectivity index (χ3n) is 1.06. The Balaban J connectivity index is 3.45. The van der Waals surface area contributed by atoms with Crippen molar-refractivity contribution < 1.29 is 4.79 Å². The van der Waals surface area contributed by atoms with E-state index in [0.29, 0.717) is 13.0 Å². The molecule has 0 spiro atoms. The first-order chi connectivity index (χ1) is 4.22. The molecule has 0 rings (SSSR count). The van der Waals surface area contributed by atoms with Crippen molar-refractivity contribution in [1.82, 2.24) is 5.32 Å². The Labute approximate surface area is 54.6 Å². The Kier molecular flexibility index (Phi) is 4.00. The Morgan fingerprint density at radius 1 is 1.78 bits per heavy atom. The maximum Gasteiger partial charge on any atom is 0.236 e. The third-order valence-corrected chi connectivity index (χ3v) is 1.06. The van der Waals surface area contributed by atoms with Gasteiger partial charge in [-0.15, -0.1) is 0 Å². The van der Waals surface area contributed by atoms with Gasteiger partial charge in [0.2, 0.25) is 5.91 Å². The maximum absolute atomic E-state index is 10.6. The van der Waals surface area contributed by atoms with Gasteiger partial charge in [0.15, 0.2) is 0 Å². The van der Waals surface area contributed by atoms with E-state index in [4.69, 9.17) is 11.5 Å². The van der Waals surface area contributed by atoms with E-state index in [1.807, 2.05) is 0 Å². The number of hydrogen-bond acceptors (Lipinski definition) is 3. The normalized spacial score (nSPS) is 12.8. The minimum atomic E-state index is -0.444. The van der Waals surface area contributed by atoms with Gasteiger partial charge in [0.25, 0.3) is 0 Å². The van der Waals surface area contributed by atoms with Crippen molar-refractivity contribution in [3.63, 3.8) is 0 Å². The molecule has 0 saturated carbocycles. The highest BCUT2D eigenvalue weighted by atomic mass is 16.2. The van der Waals surface area contributed by atoms with Crippen LogP contribution in [0.5, 0.6) is 0 Å². The molecule has 0 unspecified atom stereocenters. The van der Waals surface area contributed by atoms with Gasteiger partial charge in [0.1, 0.15) is 0 Å². The summed E-state index contributed by atoms with van der Waals surface area (Å²) >= 11 is 0. The number of likely N-dealkylation sites (N-methyl/N-ethyl adjacent to an activating group) is 1. The van der Waals surface area contributed by atoms with Gasteiger partial charge in [-0.1, -0.05) is 0 Å². The number of amides is 1. The van der Waals surface area contributed by atoms with Gasteiger partial charge in [0.05, 0.1) is 6.04 Å². The fourth-order valence-electron chi connectivity index (χ4n) is 0.496. The molecule has 0 radical (unpaired) electrons. The summed E-state index contributed by atoms with van der Waals surface area (Å²) in [5, 5.41) is 2.43. The molecule has 0 saturated heterocycles. The second kappa shape index (κ2) is 4.29. The van der Waals surface area contributed by atoms with Crippen LogP contribution in [0, 0.1) is 0 Å². The van der Waals surface area contributed by atoms with Gasteiger partial charge in [0, 0.05) is 7.05 Å². The molecule has 0 aromatic rings. The van der Waals surface area contributed by atoms with Crippen molar-refractivity contribution in [3.8, 4) is 0 Å². The van der Waals surface area contributed by atoms with Crippen molar-refractivity contribution in [2.24, 2.45) is 11.5 Å². The number of nitrogens with one attached hydrogen (secondary N) is 1. The van der Waals surface area contributed by atoms with Crippen LogP contribution < -0.4 is 16.8 Å². The molecule has 0 aliphatic heterocycles. The molecule has 0 heterocycles. The molecule has 4 nitrogen and oxygen atoms in total. The van der Waals surface area contributed by atoms with Crippen LogP contribution in [0.15, 0.2) is 0 Å². The molecule has 0 aliphatic carbocycles. The van der Waals surface area contributed by atoms with Crippen molar-refractivity contribution >= 4 is 5.91 Å². The molecular formula is C5H13N3O. The first-order valence-electron chi connectivity index (χ1n) is 2.89. The van der Waals surface area contributed by atoms with Crippen LogP contribution in [0.4, 0.5) is 0 Å². The van der Waals surface area contributed by atoms with E-state index in [9.17, 15) is 4.79 Å². The Morgan fingerprint density at radius 2 is 2.33 bits per heavy atom. The van der Waals surface area contributed by atoms with Gasteiger partial charge in [-0.3, -0.25) is 4.79 Å². The van der Waals surface area contributed by atoms with E-state index in [1.54, 1.807) is 7.05 Å². The highest BCUT2D eigenvalue weighted by Gasteiger charge is 2.08. The van der Waals surface area contributed by atoms with Crippen molar-refractivity contribution in [1.29, 1.82) is 0 Å². The molecule has 5 N–H and O–H groups in total. The molecule has 0 aromatic carbocycles. The summed E-state index contributed by atoms with van der Waals surface area (Å²) in [5.74, 6) is -0.152. The van der Waals surface area contributed by atoms with E-state index in [1.165, 1.54) is 0 Å². The predicted molar refractivity (Wildman–Crippen MR) is 35.7 cm³/mol. The minimum absolute atomic E-state index is 0.152. The molecule has 1 amide bonds. The van der Waals surface area contributed by atoms with Crippen LogP contribution in [-0.4, -0.2) is 25.5 Å². The summed E-state index contributed by atoms with van der Waals surface area (Å²) in [6.07, 6.45) is 0.541. The van der Waals surface area contributed by atoms with E-state index < -0.39 is 6.04 Å². The lowest BCUT2D eigenvalue weighted by atomic mass is 10.2. The highest BCUT2D eigenvalue weighted by molar-refractivity contribution is 5.81. The molecule has 9 heavy (non-hydrogen) atoms. The van der Waals surface area contributed by atoms with Crippen molar-refractivity contribution in [2.45, 2.75) is 12.5 Å². The predicted octanol–water partition coefficient (Wildman–Crippen LogP) is -1.59. The van der Waals surface area contributed by atoms with Crippen LogP contribution >= 0.6 is 0 Å². The largest absolute Gasteiger partial charge is 0.358 e. The molecular weight excluding hydrogens is 118 g/mol. The highest BCUT2D eigenvalue weighted by Crippen LogP contribution is 1.82. The van der Waals surface area contributed by atoms with Gasteiger partial charge in [-0.05, 0) is 13.0 Å². The summed E-state index contributed by atoms with van der Waals surface area (Å²) in [5.41, 5.74) is 10.5. The smallest absolute Gasteiger partial charge is 0.236 e. The minimum Gasteiger partial charge on any atom is -0.358 e. The van der Waals surface area contributed by atoms with Crippen molar-refractivity contribution in [3.05, 3.63) is 0 Å². The monoisotopic (exact) mass is 131 g/mol. The SMILES string of the molecule is CNC(=O)[C@@H](N)CCN.